The summed E-state index contributed by atoms with van der Waals surface area (Å²) in [5, 5.41) is 0. The van der Waals surface area contributed by atoms with Crippen molar-refractivity contribution in [3.63, 3.8) is 0 Å². The Morgan fingerprint density at radius 1 is 1.19 bits per heavy atom. The first-order valence-corrected chi connectivity index (χ1v) is 13.0. The van der Waals surface area contributed by atoms with Crippen molar-refractivity contribution in [1.82, 2.24) is 0 Å². The van der Waals surface area contributed by atoms with Gasteiger partial charge in [0.05, 0.1) is 13.7 Å². The summed E-state index contributed by atoms with van der Waals surface area (Å²) in [6, 6.07) is 4.19. The number of methoxy groups -OCH3 is 1. The molecule has 0 bridgehead atoms. The predicted octanol–water partition coefficient (Wildman–Crippen LogP) is 6.78. The zero-order valence-corrected chi connectivity index (χ0v) is 24.0. The first kappa shape index (κ1) is 30.5. The highest BCUT2D eigenvalue weighted by Gasteiger charge is 2.50. The van der Waals surface area contributed by atoms with E-state index in [4.69, 9.17) is 18.9 Å². The van der Waals surface area contributed by atoms with Crippen molar-refractivity contribution < 1.29 is 28.5 Å². The lowest BCUT2D eigenvalue weighted by molar-refractivity contribution is -0.169. The first-order valence-electron chi connectivity index (χ1n) is 13.0. The number of carbonyl (C=O) groups is 2. The summed E-state index contributed by atoms with van der Waals surface area (Å²) in [4.78, 5) is 24.3. The molecule has 0 aliphatic carbocycles. The number of ether oxygens (including phenoxy) is 4. The molecule has 204 valence electrons. The number of allylic oxidation sites excluding steroid dienone is 3. The fourth-order valence-corrected chi connectivity index (χ4v) is 5.29. The minimum atomic E-state index is -1.20. The average molecular weight is 513 g/mol. The monoisotopic (exact) mass is 512 g/mol. The van der Waals surface area contributed by atoms with Gasteiger partial charge in [-0.15, -0.1) is 0 Å². The Morgan fingerprint density at radius 2 is 1.81 bits per heavy atom. The molecule has 37 heavy (non-hydrogen) atoms. The topological polar surface area (TPSA) is 71.1 Å². The van der Waals surface area contributed by atoms with Crippen molar-refractivity contribution in [3.05, 3.63) is 69.8 Å². The van der Waals surface area contributed by atoms with E-state index in [1.54, 1.807) is 0 Å². The second kappa shape index (κ2) is 13.2. The Balaban J connectivity index is 2.14. The van der Waals surface area contributed by atoms with Crippen molar-refractivity contribution >= 4 is 11.9 Å². The quantitative estimate of drug-likeness (QED) is 0.185. The van der Waals surface area contributed by atoms with Gasteiger partial charge in [-0.2, -0.15) is 0 Å². The number of hydrogen-bond donors (Lipinski definition) is 0. The molecule has 6 heteroatoms. The maximum atomic E-state index is 12.9. The zero-order valence-electron chi connectivity index (χ0n) is 24.0. The molecule has 0 aromatic heterocycles. The molecule has 0 N–H and O–H groups in total. The largest absolute Gasteiger partial charge is 0.467 e. The third-order valence-electron chi connectivity index (χ3n) is 6.67. The van der Waals surface area contributed by atoms with Crippen LogP contribution in [0.4, 0.5) is 0 Å². The molecular formula is C31H44O6. The van der Waals surface area contributed by atoms with E-state index in [1.165, 1.54) is 19.6 Å². The molecule has 6 nitrogen and oxygen atoms in total. The summed E-state index contributed by atoms with van der Waals surface area (Å²) in [5.74, 6) is -0.540. The number of esters is 2. The van der Waals surface area contributed by atoms with E-state index in [0.717, 1.165) is 39.8 Å². The van der Waals surface area contributed by atoms with E-state index < -0.39 is 17.9 Å². The lowest BCUT2D eigenvalue weighted by Gasteiger charge is -2.26. The Bertz CT molecular complexity index is 1040. The van der Waals surface area contributed by atoms with Crippen LogP contribution in [0.3, 0.4) is 0 Å². The summed E-state index contributed by atoms with van der Waals surface area (Å²) in [5.41, 5.74) is 6.03. The maximum absolute atomic E-state index is 12.9. The van der Waals surface area contributed by atoms with Crippen LogP contribution in [0.1, 0.15) is 82.4 Å². The van der Waals surface area contributed by atoms with Gasteiger partial charge in [-0.3, -0.25) is 4.79 Å². The van der Waals surface area contributed by atoms with Crippen molar-refractivity contribution in [1.29, 1.82) is 0 Å². The van der Waals surface area contributed by atoms with Gasteiger partial charge in [0.15, 0.2) is 11.9 Å². The van der Waals surface area contributed by atoms with Crippen molar-refractivity contribution in [3.8, 4) is 0 Å². The zero-order chi connectivity index (χ0) is 27.9. The molecule has 1 aromatic rings. The summed E-state index contributed by atoms with van der Waals surface area (Å²) in [7, 11) is 1.38. The van der Waals surface area contributed by atoms with Gasteiger partial charge < -0.3 is 18.9 Å². The summed E-state index contributed by atoms with van der Waals surface area (Å²) < 4.78 is 22.9. The highest BCUT2D eigenvalue weighted by Crippen LogP contribution is 2.40. The molecule has 0 radical (unpaired) electrons. The molecule has 0 saturated carbocycles. The van der Waals surface area contributed by atoms with E-state index in [-0.39, 0.29) is 24.6 Å². The van der Waals surface area contributed by atoms with E-state index in [2.05, 4.69) is 38.6 Å². The molecular weight excluding hydrogens is 468 g/mol. The van der Waals surface area contributed by atoms with Crippen molar-refractivity contribution in [2.75, 3.05) is 13.7 Å². The molecule has 1 heterocycles. The van der Waals surface area contributed by atoms with Gasteiger partial charge in [-0.1, -0.05) is 61.4 Å². The molecule has 0 amide bonds. The maximum Gasteiger partial charge on any atom is 0.341 e. The molecule has 1 aliphatic heterocycles. The Labute approximate surface area is 222 Å². The Hall–Kier alpha value is -2.70. The summed E-state index contributed by atoms with van der Waals surface area (Å²) in [6.07, 6.45) is 5.09. The van der Waals surface area contributed by atoms with Crippen LogP contribution < -0.4 is 0 Å². The van der Waals surface area contributed by atoms with Gasteiger partial charge in [0.1, 0.15) is 6.10 Å². The van der Waals surface area contributed by atoms with Crippen molar-refractivity contribution in [2.24, 2.45) is 5.92 Å². The second-order valence-corrected chi connectivity index (χ2v) is 10.5. The van der Waals surface area contributed by atoms with Crippen LogP contribution >= 0.6 is 0 Å². The smallest absolute Gasteiger partial charge is 0.341 e. The van der Waals surface area contributed by atoms with Crippen LogP contribution in [0.2, 0.25) is 0 Å². The van der Waals surface area contributed by atoms with Gasteiger partial charge in [-0.25, -0.2) is 4.79 Å². The van der Waals surface area contributed by atoms with Crippen LogP contribution in [-0.2, 0) is 28.5 Å². The van der Waals surface area contributed by atoms with Crippen molar-refractivity contribution in [2.45, 2.75) is 92.6 Å². The molecule has 1 saturated heterocycles. The molecule has 0 unspecified atom stereocenters. The second-order valence-electron chi connectivity index (χ2n) is 10.5. The van der Waals surface area contributed by atoms with E-state index in [0.29, 0.717) is 12.8 Å². The number of rotatable bonds is 11. The van der Waals surface area contributed by atoms with Gasteiger partial charge in [-0.05, 0) is 70.1 Å². The summed E-state index contributed by atoms with van der Waals surface area (Å²) in [6.45, 7) is 19.9. The third kappa shape index (κ3) is 8.14. The SMILES string of the molecule is C=C(/C=C(\C)[C@H](CC)OC(C)=O)C[C@H](C)/C=C(\C)C[C@@]1(C(=O)OC)CO[C@H](c2c(C)cc(C)cc2C)O1. The minimum absolute atomic E-state index is 0.125. The van der Waals surface area contributed by atoms with E-state index in [1.807, 2.05) is 40.7 Å². The van der Waals surface area contributed by atoms with Crippen LogP contribution in [0.5, 0.6) is 0 Å². The molecule has 0 spiro atoms. The number of hydrogen-bond acceptors (Lipinski definition) is 6. The molecule has 4 atom stereocenters. The van der Waals surface area contributed by atoms with Crippen LogP contribution in [0.15, 0.2) is 47.6 Å². The minimum Gasteiger partial charge on any atom is -0.467 e. The average Bonchev–Trinajstić information content (AvgIpc) is 3.19. The molecule has 2 rings (SSSR count). The fourth-order valence-electron chi connectivity index (χ4n) is 5.29. The van der Waals surface area contributed by atoms with E-state index in [9.17, 15) is 9.59 Å². The first-order chi connectivity index (χ1) is 17.3. The van der Waals surface area contributed by atoms with Crippen LogP contribution in [0, 0.1) is 26.7 Å². The molecule has 1 aromatic carbocycles. The van der Waals surface area contributed by atoms with Crippen LogP contribution in [-0.4, -0.2) is 37.4 Å². The highest BCUT2D eigenvalue weighted by atomic mass is 16.7. The number of carbonyl (C=O) groups excluding carboxylic acids is 2. The van der Waals surface area contributed by atoms with Gasteiger partial charge in [0.2, 0.25) is 0 Å². The van der Waals surface area contributed by atoms with Crippen LogP contribution in [0.25, 0.3) is 0 Å². The summed E-state index contributed by atoms with van der Waals surface area (Å²) >= 11 is 0. The lowest BCUT2D eigenvalue weighted by atomic mass is 9.91. The number of benzene rings is 1. The van der Waals surface area contributed by atoms with Gasteiger partial charge in [0.25, 0.3) is 0 Å². The molecule has 1 aliphatic rings. The standard InChI is InChI=1S/C31H44O6/c1-11-27(36-26(9)32)23(6)14-20(3)12-19(2)13-22(5)17-31(30(33)34-10)18-35-29(37-31)28-24(7)15-21(4)16-25(28)8/h13-16,19,27,29H,3,11-12,17-18H2,1-2,4-10H3/b22-13+,23-14+/t19-,27-,29-,31-/m0/s1. The molecule has 1 fully saturated rings. The lowest BCUT2D eigenvalue weighted by Crippen LogP contribution is -2.42. The normalized spacial score (nSPS) is 21.9. The third-order valence-corrected chi connectivity index (χ3v) is 6.67. The van der Waals surface area contributed by atoms with E-state index >= 15 is 0 Å². The fraction of sp³-hybridized carbons (Fsp3) is 0.548. The highest BCUT2D eigenvalue weighted by molar-refractivity contribution is 5.80. The Morgan fingerprint density at radius 3 is 2.35 bits per heavy atom. The predicted molar refractivity (Wildman–Crippen MR) is 146 cm³/mol. The Kier molecular flexibility index (Phi) is 10.9. The van der Waals surface area contributed by atoms with Gasteiger partial charge in [0, 0.05) is 18.9 Å². The van der Waals surface area contributed by atoms with Gasteiger partial charge >= 0.3 is 11.9 Å². The number of aryl methyl sites for hydroxylation is 3.